The average Bonchev–Trinajstić information content (AvgIpc) is 3.40. The monoisotopic (exact) mass is 543 g/mol. The van der Waals surface area contributed by atoms with Gasteiger partial charge in [-0.1, -0.05) is 79.7 Å². The number of Topliss-reactive ketones (excluding diaryl/α,β-unsaturated/α-hetero) is 1. The first-order valence-corrected chi connectivity index (χ1v) is 14.5. The Morgan fingerprint density at radius 1 is 0.949 bits per heavy atom. The Balaban J connectivity index is 1.17. The molecule has 0 radical (unpaired) electrons. The molecule has 1 aliphatic rings. The fourth-order valence-corrected chi connectivity index (χ4v) is 6.13. The second kappa shape index (κ2) is 12.5. The molecule has 1 aliphatic heterocycles. The van der Waals surface area contributed by atoms with Crippen LogP contribution in [0.5, 0.6) is 11.5 Å². The van der Waals surface area contributed by atoms with Gasteiger partial charge >= 0.3 is 0 Å². The number of thioether (sulfide) groups is 1. The van der Waals surface area contributed by atoms with Crippen molar-refractivity contribution < 1.29 is 23.6 Å². The van der Waals surface area contributed by atoms with Gasteiger partial charge in [-0.15, -0.1) is 0 Å². The molecule has 6 nitrogen and oxygen atoms in total. The van der Waals surface area contributed by atoms with E-state index < -0.39 is 5.25 Å². The Morgan fingerprint density at radius 2 is 1.72 bits per heavy atom. The zero-order chi connectivity index (χ0) is 27.2. The number of ether oxygens (including phenoxy) is 2. The summed E-state index contributed by atoms with van der Waals surface area (Å²) in [7, 11) is 0. The first-order chi connectivity index (χ1) is 19.1. The van der Waals surface area contributed by atoms with Crippen LogP contribution < -0.4 is 9.47 Å². The van der Waals surface area contributed by atoms with Crippen molar-refractivity contribution in [1.29, 1.82) is 0 Å². The molecule has 1 fully saturated rings. The van der Waals surface area contributed by atoms with Gasteiger partial charge in [-0.25, -0.2) is 0 Å². The third kappa shape index (κ3) is 6.04. The number of benzene rings is 3. The number of aromatic nitrogens is 1. The summed E-state index contributed by atoms with van der Waals surface area (Å²) < 4.78 is 17.9. The molecule has 0 spiro atoms. The van der Waals surface area contributed by atoms with Crippen molar-refractivity contribution in [3.63, 3.8) is 0 Å². The standard InChI is InChI=1S/C32H33NO5S/c1-3-9-25-27(17-16-26-29(33-38-31(25)26)22-10-6-5-7-11-22)37-19-8-18-36-24-14-12-23(13-15-24)32-30(35)21(4-2)20-28(34)39-32/h5-7,10-17,21,32H,3-4,8-9,18-20H2,1-2H3. The molecule has 0 saturated carbocycles. The maximum absolute atomic E-state index is 12.7. The van der Waals surface area contributed by atoms with Gasteiger partial charge in [-0.3, -0.25) is 9.59 Å². The quantitative estimate of drug-likeness (QED) is 0.180. The van der Waals surface area contributed by atoms with Crippen LogP contribution in [0.15, 0.2) is 71.3 Å². The molecule has 0 bridgehead atoms. The lowest BCUT2D eigenvalue weighted by molar-refractivity contribution is -0.126. The van der Waals surface area contributed by atoms with Gasteiger partial charge in [0.05, 0.1) is 23.8 Å². The first-order valence-electron chi connectivity index (χ1n) is 13.6. The van der Waals surface area contributed by atoms with Gasteiger partial charge in [0.15, 0.2) is 16.5 Å². The Hall–Kier alpha value is -3.58. The molecule has 4 aromatic rings. The van der Waals surface area contributed by atoms with Gasteiger partial charge in [-0.2, -0.15) is 0 Å². The molecule has 1 aromatic heterocycles. The highest BCUT2D eigenvalue weighted by Crippen LogP contribution is 2.41. The number of carbonyl (C=O) groups is 2. The molecule has 2 atom stereocenters. The van der Waals surface area contributed by atoms with Crippen LogP contribution in [-0.2, 0) is 16.0 Å². The third-order valence-corrected chi connectivity index (χ3v) is 8.23. The number of ketones is 1. The highest BCUT2D eigenvalue weighted by atomic mass is 32.2. The Labute approximate surface area is 233 Å². The van der Waals surface area contributed by atoms with E-state index in [0.717, 1.165) is 69.5 Å². The van der Waals surface area contributed by atoms with Crippen molar-refractivity contribution in [2.75, 3.05) is 13.2 Å². The second-order valence-electron chi connectivity index (χ2n) is 9.77. The largest absolute Gasteiger partial charge is 0.493 e. The molecule has 2 heterocycles. The molecule has 5 rings (SSSR count). The van der Waals surface area contributed by atoms with Gasteiger partial charge in [0.25, 0.3) is 0 Å². The van der Waals surface area contributed by atoms with E-state index in [9.17, 15) is 9.59 Å². The molecule has 3 aromatic carbocycles. The molecule has 7 heteroatoms. The summed E-state index contributed by atoms with van der Waals surface area (Å²) in [4.78, 5) is 24.8. The van der Waals surface area contributed by atoms with Crippen molar-refractivity contribution in [3.05, 3.63) is 77.9 Å². The summed E-state index contributed by atoms with van der Waals surface area (Å²) in [6, 6.07) is 21.6. The van der Waals surface area contributed by atoms with Crippen molar-refractivity contribution in [3.8, 4) is 22.8 Å². The summed E-state index contributed by atoms with van der Waals surface area (Å²) in [5, 5.41) is 5.03. The molecule has 0 aliphatic carbocycles. The SMILES string of the molecule is CCCc1c(OCCCOc2ccc(C3SC(=O)CC(CC)C3=O)cc2)ccc2c(-c3ccccc3)noc12. The maximum atomic E-state index is 12.7. The topological polar surface area (TPSA) is 78.6 Å². The lowest BCUT2D eigenvalue weighted by atomic mass is 9.92. The lowest BCUT2D eigenvalue weighted by Gasteiger charge is -2.25. The van der Waals surface area contributed by atoms with Crippen molar-refractivity contribution in [2.24, 2.45) is 5.92 Å². The normalized spacial score (nSPS) is 17.5. The van der Waals surface area contributed by atoms with Crippen LogP contribution in [0.4, 0.5) is 0 Å². The maximum Gasteiger partial charge on any atom is 0.190 e. The van der Waals surface area contributed by atoms with E-state index in [-0.39, 0.29) is 16.8 Å². The van der Waals surface area contributed by atoms with Gasteiger partial charge in [0.2, 0.25) is 0 Å². The third-order valence-electron chi connectivity index (χ3n) is 7.06. The number of aryl methyl sites for hydroxylation is 1. The Morgan fingerprint density at radius 3 is 2.46 bits per heavy atom. The molecular weight excluding hydrogens is 510 g/mol. The average molecular weight is 544 g/mol. The fraction of sp³-hybridized carbons (Fsp3) is 0.344. The van der Waals surface area contributed by atoms with Crippen LogP contribution >= 0.6 is 11.8 Å². The van der Waals surface area contributed by atoms with Crippen LogP contribution in [0.2, 0.25) is 0 Å². The van der Waals surface area contributed by atoms with Crippen molar-refractivity contribution in [1.82, 2.24) is 5.16 Å². The van der Waals surface area contributed by atoms with E-state index >= 15 is 0 Å². The van der Waals surface area contributed by atoms with Crippen LogP contribution in [0.3, 0.4) is 0 Å². The molecule has 0 amide bonds. The predicted octanol–water partition coefficient (Wildman–Crippen LogP) is 7.60. The minimum atomic E-state index is -0.415. The van der Waals surface area contributed by atoms with Crippen LogP contribution in [0.1, 0.15) is 55.9 Å². The number of nitrogens with zero attached hydrogens (tertiary/aromatic N) is 1. The summed E-state index contributed by atoms with van der Waals surface area (Å²) >= 11 is 1.14. The summed E-state index contributed by atoms with van der Waals surface area (Å²) in [5.41, 5.74) is 4.55. The van der Waals surface area contributed by atoms with E-state index in [1.807, 2.05) is 73.7 Å². The molecular formula is C32H33NO5S. The van der Waals surface area contributed by atoms with E-state index in [2.05, 4.69) is 12.1 Å². The van der Waals surface area contributed by atoms with Crippen LogP contribution in [0, 0.1) is 5.92 Å². The molecule has 1 saturated heterocycles. The molecule has 39 heavy (non-hydrogen) atoms. The van der Waals surface area contributed by atoms with Gasteiger partial charge in [-0.05, 0) is 42.7 Å². The number of rotatable bonds is 11. The zero-order valence-corrected chi connectivity index (χ0v) is 23.2. The Kier molecular flexibility index (Phi) is 8.67. The van der Waals surface area contributed by atoms with E-state index in [0.29, 0.717) is 32.5 Å². The lowest BCUT2D eigenvalue weighted by Crippen LogP contribution is -2.27. The summed E-state index contributed by atoms with van der Waals surface area (Å²) in [6.07, 6.45) is 3.56. The number of hydrogen-bond donors (Lipinski definition) is 0. The van der Waals surface area contributed by atoms with E-state index in [1.165, 1.54) is 0 Å². The predicted molar refractivity (Wildman–Crippen MR) is 154 cm³/mol. The van der Waals surface area contributed by atoms with Crippen LogP contribution in [-0.4, -0.2) is 29.3 Å². The minimum absolute atomic E-state index is 0.0907. The highest BCUT2D eigenvalue weighted by Gasteiger charge is 2.36. The molecule has 0 N–H and O–H groups in total. The minimum Gasteiger partial charge on any atom is -0.493 e. The summed E-state index contributed by atoms with van der Waals surface area (Å²) in [5.74, 6) is 1.52. The van der Waals surface area contributed by atoms with Crippen LogP contribution in [0.25, 0.3) is 22.2 Å². The second-order valence-corrected chi connectivity index (χ2v) is 10.9. The van der Waals surface area contributed by atoms with E-state index in [1.54, 1.807) is 0 Å². The fourth-order valence-electron chi connectivity index (χ4n) is 4.97. The summed E-state index contributed by atoms with van der Waals surface area (Å²) in [6.45, 7) is 5.11. The first kappa shape index (κ1) is 27.0. The van der Waals surface area contributed by atoms with Gasteiger partial charge in [0, 0.05) is 29.9 Å². The van der Waals surface area contributed by atoms with Gasteiger partial charge in [0.1, 0.15) is 17.2 Å². The van der Waals surface area contributed by atoms with Crippen molar-refractivity contribution in [2.45, 2.75) is 51.2 Å². The molecule has 202 valence electrons. The molecule has 2 unspecified atom stereocenters. The highest BCUT2D eigenvalue weighted by molar-refractivity contribution is 8.14. The Bertz CT molecular complexity index is 1430. The number of fused-ring (bicyclic) bond motifs is 1. The van der Waals surface area contributed by atoms with E-state index in [4.69, 9.17) is 14.0 Å². The number of hydrogen-bond acceptors (Lipinski definition) is 7. The van der Waals surface area contributed by atoms with Gasteiger partial charge < -0.3 is 14.0 Å². The number of carbonyl (C=O) groups excluding carboxylic acids is 2. The smallest absolute Gasteiger partial charge is 0.190 e. The van der Waals surface area contributed by atoms with Crippen molar-refractivity contribution >= 4 is 33.6 Å². The zero-order valence-electron chi connectivity index (χ0n) is 22.4.